The van der Waals surface area contributed by atoms with E-state index in [4.69, 9.17) is 4.74 Å². The van der Waals surface area contributed by atoms with Crippen LogP contribution in [0.5, 0.6) is 5.75 Å². The first-order valence-electron chi connectivity index (χ1n) is 10.6. The third kappa shape index (κ3) is 5.62. The van der Waals surface area contributed by atoms with Crippen molar-refractivity contribution in [3.8, 4) is 5.75 Å². The predicted octanol–water partition coefficient (Wildman–Crippen LogP) is 4.26. The predicted molar refractivity (Wildman–Crippen MR) is 119 cm³/mol. The third-order valence-electron chi connectivity index (χ3n) is 5.56. The summed E-state index contributed by atoms with van der Waals surface area (Å²) in [5.41, 5.74) is 3.09. The number of nitrogens with zero attached hydrogens (tertiary/aromatic N) is 2. The molecule has 0 spiro atoms. The summed E-state index contributed by atoms with van der Waals surface area (Å²) < 4.78 is 5.89. The van der Waals surface area contributed by atoms with Crippen molar-refractivity contribution in [2.45, 2.75) is 46.1 Å². The van der Waals surface area contributed by atoms with Crippen LogP contribution in [0.15, 0.2) is 48.5 Å². The molecule has 2 aromatic rings. The largest absolute Gasteiger partial charge is 0.489 e. The van der Waals surface area contributed by atoms with Crippen molar-refractivity contribution < 1.29 is 14.3 Å². The van der Waals surface area contributed by atoms with Crippen molar-refractivity contribution in [2.75, 3.05) is 26.2 Å². The molecule has 0 radical (unpaired) electrons. The van der Waals surface area contributed by atoms with Crippen LogP contribution in [0.1, 0.15) is 55.6 Å². The molecule has 1 saturated heterocycles. The van der Waals surface area contributed by atoms with Crippen LogP contribution in [-0.2, 0) is 16.8 Å². The molecule has 5 heteroatoms. The van der Waals surface area contributed by atoms with Crippen LogP contribution in [0.3, 0.4) is 0 Å². The van der Waals surface area contributed by atoms with E-state index in [1.165, 1.54) is 5.56 Å². The van der Waals surface area contributed by atoms with Crippen LogP contribution < -0.4 is 4.74 Å². The second-order valence-corrected chi connectivity index (χ2v) is 8.91. The SMILES string of the molecule is CC(=O)N1CCCN(C(=O)c2ccc(COc3ccc(C(C)(C)C)cc3)cc2)CC1. The zero-order valence-electron chi connectivity index (χ0n) is 18.5. The molecule has 1 aliphatic rings. The highest BCUT2D eigenvalue weighted by molar-refractivity contribution is 5.94. The van der Waals surface area contributed by atoms with E-state index in [0.29, 0.717) is 38.3 Å². The molecule has 1 fully saturated rings. The van der Waals surface area contributed by atoms with E-state index >= 15 is 0 Å². The highest BCUT2D eigenvalue weighted by atomic mass is 16.5. The maximum atomic E-state index is 12.8. The Morgan fingerprint density at radius 3 is 2.07 bits per heavy atom. The second kappa shape index (κ2) is 9.33. The number of hydrogen-bond donors (Lipinski definition) is 0. The van der Waals surface area contributed by atoms with E-state index in [-0.39, 0.29) is 17.2 Å². The second-order valence-electron chi connectivity index (χ2n) is 8.91. The molecule has 160 valence electrons. The summed E-state index contributed by atoms with van der Waals surface area (Å²) in [4.78, 5) is 28.0. The number of rotatable bonds is 4. The van der Waals surface area contributed by atoms with Crippen molar-refractivity contribution in [1.29, 1.82) is 0 Å². The molecule has 5 nitrogen and oxygen atoms in total. The molecule has 0 saturated carbocycles. The minimum Gasteiger partial charge on any atom is -0.489 e. The van der Waals surface area contributed by atoms with Gasteiger partial charge in [0.05, 0.1) is 0 Å². The first-order valence-corrected chi connectivity index (χ1v) is 10.6. The topological polar surface area (TPSA) is 49.9 Å². The molecule has 0 bridgehead atoms. The molecule has 2 aromatic carbocycles. The fraction of sp³-hybridized carbons (Fsp3) is 0.440. The number of carbonyl (C=O) groups excluding carboxylic acids is 2. The average Bonchev–Trinajstić information content (AvgIpc) is 2.98. The van der Waals surface area contributed by atoms with Gasteiger partial charge in [-0.25, -0.2) is 0 Å². The zero-order chi connectivity index (χ0) is 21.7. The Morgan fingerprint density at radius 1 is 0.867 bits per heavy atom. The number of ether oxygens (including phenoxy) is 1. The molecular formula is C25H32N2O3. The molecule has 1 aliphatic heterocycles. The van der Waals surface area contributed by atoms with Crippen LogP contribution in [0, 0.1) is 0 Å². The first kappa shape index (κ1) is 21.9. The van der Waals surface area contributed by atoms with Crippen LogP contribution in [0.25, 0.3) is 0 Å². The first-order chi connectivity index (χ1) is 14.2. The quantitative estimate of drug-likeness (QED) is 0.760. The fourth-order valence-electron chi connectivity index (χ4n) is 3.58. The van der Waals surface area contributed by atoms with E-state index in [1.807, 2.05) is 46.2 Å². The van der Waals surface area contributed by atoms with Gasteiger partial charge in [0.2, 0.25) is 5.91 Å². The lowest BCUT2D eigenvalue weighted by Crippen LogP contribution is -2.36. The van der Waals surface area contributed by atoms with Crippen molar-refractivity contribution in [3.05, 3.63) is 65.2 Å². The highest BCUT2D eigenvalue weighted by Crippen LogP contribution is 2.24. The van der Waals surface area contributed by atoms with Gasteiger partial charge in [-0.2, -0.15) is 0 Å². The molecule has 0 atom stereocenters. The fourth-order valence-corrected chi connectivity index (χ4v) is 3.58. The lowest BCUT2D eigenvalue weighted by Gasteiger charge is -2.21. The van der Waals surface area contributed by atoms with E-state index in [1.54, 1.807) is 6.92 Å². The molecule has 0 unspecified atom stereocenters. The number of hydrogen-bond acceptors (Lipinski definition) is 3. The Hall–Kier alpha value is -2.82. The standard InChI is InChI=1S/C25H32N2O3/c1-19(28)26-14-5-15-27(17-16-26)24(29)21-8-6-20(7-9-21)18-30-23-12-10-22(11-13-23)25(2,3)4/h6-13H,5,14-18H2,1-4H3. The van der Waals surface area contributed by atoms with Crippen molar-refractivity contribution in [3.63, 3.8) is 0 Å². The van der Waals surface area contributed by atoms with Gasteiger partial charge in [-0.3, -0.25) is 9.59 Å². The minimum atomic E-state index is 0.0191. The molecular weight excluding hydrogens is 376 g/mol. The molecule has 0 aromatic heterocycles. The van der Waals surface area contributed by atoms with Gasteiger partial charge in [-0.05, 0) is 47.2 Å². The van der Waals surface area contributed by atoms with E-state index < -0.39 is 0 Å². The lowest BCUT2D eigenvalue weighted by atomic mass is 9.87. The highest BCUT2D eigenvalue weighted by Gasteiger charge is 2.21. The molecule has 0 aliphatic carbocycles. The van der Waals surface area contributed by atoms with Crippen LogP contribution >= 0.6 is 0 Å². The van der Waals surface area contributed by atoms with Crippen molar-refractivity contribution in [2.24, 2.45) is 0 Å². The summed E-state index contributed by atoms with van der Waals surface area (Å²) in [5, 5.41) is 0. The normalized spacial score (nSPS) is 14.9. The van der Waals surface area contributed by atoms with Gasteiger partial charge in [0.15, 0.2) is 0 Å². The summed E-state index contributed by atoms with van der Waals surface area (Å²) in [7, 11) is 0. The molecule has 1 heterocycles. The summed E-state index contributed by atoms with van der Waals surface area (Å²) in [6.45, 7) is 11.2. The van der Waals surface area contributed by atoms with Gasteiger partial charge in [-0.1, -0.05) is 45.0 Å². The molecule has 0 N–H and O–H groups in total. The summed E-state index contributed by atoms with van der Waals surface area (Å²) in [5.74, 6) is 0.926. The summed E-state index contributed by atoms with van der Waals surface area (Å²) in [6, 6.07) is 15.8. The molecule has 30 heavy (non-hydrogen) atoms. The molecule has 2 amide bonds. The maximum absolute atomic E-state index is 12.8. The van der Waals surface area contributed by atoms with Gasteiger partial charge >= 0.3 is 0 Å². The van der Waals surface area contributed by atoms with Gasteiger partial charge in [0, 0.05) is 38.7 Å². The Labute approximate surface area is 179 Å². The lowest BCUT2D eigenvalue weighted by molar-refractivity contribution is -0.128. The van der Waals surface area contributed by atoms with Gasteiger partial charge in [0.25, 0.3) is 5.91 Å². The Kier molecular flexibility index (Phi) is 6.80. The Morgan fingerprint density at radius 2 is 1.47 bits per heavy atom. The van der Waals surface area contributed by atoms with Crippen molar-refractivity contribution >= 4 is 11.8 Å². The van der Waals surface area contributed by atoms with Crippen LogP contribution in [-0.4, -0.2) is 47.8 Å². The number of benzene rings is 2. The molecule has 3 rings (SSSR count). The van der Waals surface area contributed by atoms with E-state index in [9.17, 15) is 9.59 Å². The summed E-state index contributed by atoms with van der Waals surface area (Å²) in [6.07, 6.45) is 0.811. The van der Waals surface area contributed by atoms with Crippen LogP contribution in [0.2, 0.25) is 0 Å². The number of amides is 2. The number of carbonyl (C=O) groups is 2. The van der Waals surface area contributed by atoms with E-state index in [0.717, 1.165) is 17.7 Å². The van der Waals surface area contributed by atoms with Crippen LogP contribution in [0.4, 0.5) is 0 Å². The van der Waals surface area contributed by atoms with E-state index in [2.05, 4.69) is 32.9 Å². The Bertz CT molecular complexity index is 867. The van der Waals surface area contributed by atoms with Gasteiger partial charge in [-0.15, -0.1) is 0 Å². The Balaban J connectivity index is 1.55. The third-order valence-corrected chi connectivity index (χ3v) is 5.56. The minimum absolute atomic E-state index is 0.0191. The monoisotopic (exact) mass is 408 g/mol. The zero-order valence-corrected chi connectivity index (χ0v) is 18.5. The van der Waals surface area contributed by atoms with Crippen molar-refractivity contribution in [1.82, 2.24) is 9.80 Å². The van der Waals surface area contributed by atoms with Gasteiger partial charge in [0.1, 0.15) is 12.4 Å². The average molecular weight is 409 g/mol. The smallest absolute Gasteiger partial charge is 0.253 e. The summed E-state index contributed by atoms with van der Waals surface area (Å²) >= 11 is 0. The van der Waals surface area contributed by atoms with Gasteiger partial charge < -0.3 is 14.5 Å². The maximum Gasteiger partial charge on any atom is 0.253 e.